The van der Waals surface area contributed by atoms with Crippen molar-refractivity contribution < 1.29 is 4.74 Å². The molecule has 4 rings (SSSR count). The minimum atomic E-state index is 0.0372. The molecule has 0 amide bonds. The first-order valence-electron chi connectivity index (χ1n) is 8.26. The van der Waals surface area contributed by atoms with Gasteiger partial charge < -0.3 is 9.64 Å². The Morgan fingerprint density at radius 3 is 2.79 bits per heavy atom. The van der Waals surface area contributed by atoms with E-state index in [2.05, 4.69) is 19.9 Å². The van der Waals surface area contributed by atoms with Gasteiger partial charge in [0.05, 0.1) is 36.6 Å². The molecule has 2 aromatic heterocycles. The van der Waals surface area contributed by atoms with Crippen LogP contribution in [0.25, 0.3) is 0 Å². The average molecular weight is 327 g/mol. The van der Waals surface area contributed by atoms with Crippen molar-refractivity contribution in [1.29, 1.82) is 0 Å². The van der Waals surface area contributed by atoms with Gasteiger partial charge in [-0.3, -0.25) is 9.36 Å². The van der Waals surface area contributed by atoms with E-state index in [1.807, 2.05) is 19.9 Å². The van der Waals surface area contributed by atoms with E-state index in [0.717, 1.165) is 54.1 Å². The van der Waals surface area contributed by atoms with Gasteiger partial charge >= 0.3 is 0 Å². The fourth-order valence-electron chi connectivity index (χ4n) is 3.40. The molecule has 0 spiro atoms. The summed E-state index contributed by atoms with van der Waals surface area (Å²) in [5, 5.41) is 0. The van der Waals surface area contributed by atoms with Crippen LogP contribution in [-0.2, 0) is 24.9 Å². The first-order chi connectivity index (χ1) is 11.5. The monoisotopic (exact) mass is 327 g/mol. The van der Waals surface area contributed by atoms with Crippen LogP contribution < -0.4 is 10.5 Å². The molecular formula is C17H21N5O2. The number of hydrogen-bond acceptors (Lipinski definition) is 6. The molecule has 7 nitrogen and oxygen atoms in total. The Kier molecular flexibility index (Phi) is 3.60. The molecule has 2 aliphatic rings. The summed E-state index contributed by atoms with van der Waals surface area (Å²) in [7, 11) is 1.76. The molecule has 0 aromatic carbocycles. The smallest absolute Gasteiger partial charge is 0.258 e. The van der Waals surface area contributed by atoms with Gasteiger partial charge in [-0.2, -0.15) is 0 Å². The van der Waals surface area contributed by atoms with Crippen molar-refractivity contribution in [3.8, 4) is 0 Å². The van der Waals surface area contributed by atoms with Crippen LogP contribution in [0.3, 0.4) is 0 Å². The lowest BCUT2D eigenvalue weighted by Gasteiger charge is -2.18. The van der Waals surface area contributed by atoms with Gasteiger partial charge in [-0.05, 0) is 20.3 Å². The maximum atomic E-state index is 12.4. The quantitative estimate of drug-likeness (QED) is 0.825. The Balaban J connectivity index is 1.68. The lowest BCUT2D eigenvalue weighted by Crippen LogP contribution is -2.25. The Morgan fingerprint density at radius 2 is 2.04 bits per heavy atom. The van der Waals surface area contributed by atoms with Crippen molar-refractivity contribution in [2.24, 2.45) is 7.05 Å². The van der Waals surface area contributed by atoms with Crippen LogP contribution in [0.1, 0.15) is 40.9 Å². The first-order valence-corrected chi connectivity index (χ1v) is 8.26. The Labute approximate surface area is 140 Å². The molecule has 7 heteroatoms. The van der Waals surface area contributed by atoms with Gasteiger partial charge in [-0.25, -0.2) is 15.0 Å². The van der Waals surface area contributed by atoms with Crippen LogP contribution in [0.5, 0.6) is 0 Å². The van der Waals surface area contributed by atoms with Crippen LogP contribution in [0, 0.1) is 13.8 Å². The van der Waals surface area contributed by atoms with Gasteiger partial charge in [0.15, 0.2) is 0 Å². The van der Waals surface area contributed by atoms with E-state index in [0.29, 0.717) is 19.0 Å². The molecule has 0 N–H and O–H groups in total. The van der Waals surface area contributed by atoms with Crippen molar-refractivity contribution in [2.75, 3.05) is 18.1 Å². The number of fused-ring (bicyclic) bond motifs is 1. The fraction of sp³-hybridized carbons (Fsp3) is 0.529. The first kappa shape index (κ1) is 15.3. The van der Waals surface area contributed by atoms with Crippen molar-refractivity contribution in [3.05, 3.63) is 45.0 Å². The second kappa shape index (κ2) is 5.66. The summed E-state index contributed by atoms with van der Waals surface area (Å²) in [6.45, 7) is 6.44. The second-order valence-electron chi connectivity index (χ2n) is 6.56. The number of hydrogen-bond donors (Lipinski definition) is 0. The molecule has 1 saturated heterocycles. The zero-order valence-corrected chi connectivity index (χ0v) is 14.2. The number of rotatable bonds is 2. The molecule has 0 aliphatic carbocycles. The molecule has 1 fully saturated rings. The minimum absolute atomic E-state index is 0.0372. The van der Waals surface area contributed by atoms with Crippen molar-refractivity contribution >= 4 is 5.82 Å². The average Bonchev–Trinajstić information content (AvgIpc) is 3.21. The summed E-state index contributed by atoms with van der Waals surface area (Å²) in [4.78, 5) is 28.3. The van der Waals surface area contributed by atoms with Crippen molar-refractivity contribution in [1.82, 2.24) is 19.5 Å². The normalized spacial score (nSPS) is 19.8. The number of anilines is 1. The SMILES string of the molecule is Cc1nc([C@@H]2CCOC2)cc(N2Cc3nc(C)n(C)c(=O)c3C2)n1. The highest BCUT2D eigenvalue weighted by atomic mass is 16.5. The van der Waals surface area contributed by atoms with Gasteiger partial charge in [-0.15, -0.1) is 0 Å². The van der Waals surface area contributed by atoms with E-state index in [1.165, 1.54) is 0 Å². The van der Waals surface area contributed by atoms with Gasteiger partial charge in [0.2, 0.25) is 0 Å². The van der Waals surface area contributed by atoms with Gasteiger partial charge in [-0.1, -0.05) is 0 Å². The topological polar surface area (TPSA) is 73.1 Å². The third-order valence-corrected chi connectivity index (χ3v) is 4.90. The van der Waals surface area contributed by atoms with Crippen LogP contribution in [0.2, 0.25) is 0 Å². The summed E-state index contributed by atoms with van der Waals surface area (Å²) in [5.41, 5.74) is 2.70. The number of aryl methyl sites for hydroxylation is 2. The third kappa shape index (κ3) is 2.49. The molecule has 2 aromatic rings. The Morgan fingerprint density at radius 1 is 1.21 bits per heavy atom. The second-order valence-corrected chi connectivity index (χ2v) is 6.56. The molecule has 0 bridgehead atoms. The van der Waals surface area contributed by atoms with Crippen LogP contribution in [0.4, 0.5) is 5.82 Å². The van der Waals surface area contributed by atoms with E-state index in [9.17, 15) is 4.79 Å². The molecule has 4 heterocycles. The highest BCUT2D eigenvalue weighted by Gasteiger charge is 2.27. The molecule has 0 unspecified atom stereocenters. The fourth-order valence-corrected chi connectivity index (χ4v) is 3.40. The third-order valence-electron chi connectivity index (χ3n) is 4.90. The van der Waals surface area contributed by atoms with Crippen molar-refractivity contribution in [3.63, 3.8) is 0 Å². The summed E-state index contributed by atoms with van der Waals surface area (Å²) >= 11 is 0. The van der Waals surface area contributed by atoms with Gasteiger partial charge in [0.25, 0.3) is 5.56 Å². The summed E-state index contributed by atoms with van der Waals surface area (Å²) in [6, 6.07) is 2.04. The molecule has 24 heavy (non-hydrogen) atoms. The molecule has 2 aliphatic heterocycles. The lowest BCUT2D eigenvalue weighted by molar-refractivity contribution is 0.193. The molecule has 0 radical (unpaired) electrons. The lowest BCUT2D eigenvalue weighted by atomic mass is 10.0. The van der Waals surface area contributed by atoms with Crippen molar-refractivity contribution in [2.45, 2.75) is 39.3 Å². The summed E-state index contributed by atoms with van der Waals surface area (Å²) < 4.78 is 7.09. The largest absolute Gasteiger partial charge is 0.381 e. The predicted octanol–water partition coefficient (Wildman–Crippen LogP) is 1.21. The summed E-state index contributed by atoms with van der Waals surface area (Å²) in [5.74, 6) is 2.69. The van der Waals surface area contributed by atoms with E-state index in [4.69, 9.17) is 4.74 Å². The Bertz CT molecular complexity index is 855. The number of ether oxygens (including phenoxy) is 1. The standard InChI is InChI=1S/C17H21N5O2/c1-10-18-14(12-4-5-24-9-12)6-16(19-10)22-7-13-15(8-22)20-11(2)21(3)17(13)23/h6,12H,4-5,7-9H2,1-3H3/t12-/m1/s1. The van der Waals surface area contributed by atoms with Gasteiger partial charge in [0, 0.05) is 25.6 Å². The van der Waals surface area contributed by atoms with Crippen LogP contribution in [0.15, 0.2) is 10.9 Å². The zero-order valence-electron chi connectivity index (χ0n) is 14.2. The zero-order chi connectivity index (χ0) is 16.8. The highest BCUT2D eigenvalue weighted by molar-refractivity contribution is 5.46. The van der Waals surface area contributed by atoms with E-state index < -0.39 is 0 Å². The maximum Gasteiger partial charge on any atom is 0.258 e. The van der Waals surface area contributed by atoms with Crippen LogP contribution >= 0.6 is 0 Å². The highest BCUT2D eigenvalue weighted by Crippen LogP contribution is 2.29. The molecule has 1 atom stereocenters. The molecular weight excluding hydrogens is 306 g/mol. The number of aromatic nitrogens is 4. The van der Waals surface area contributed by atoms with E-state index in [-0.39, 0.29) is 5.56 Å². The Hall–Kier alpha value is -2.28. The van der Waals surface area contributed by atoms with Gasteiger partial charge in [0.1, 0.15) is 17.5 Å². The minimum Gasteiger partial charge on any atom is -0.381 e. The molecule has 0 saturated carbocycles. The predicted molar refractivity (Wildman–Crippen MR) is 89.0 cm³/mol. The van der Waals surface area contributed by atoms with E-state index in [1.54, 1.807) is 11.6 Å². The summed E-state index contributed by atoms with van der Waals surface area (Å²) in [6.07, 6.45) is 0.997. The maximum absolute atomic E-state index is 12.4. The van der Waals surface area contributed by atoms with E-state index >= 15 is 0 Å². The molecule has 126 valence electrons. The number of nitrogens with zero attached hydrogens (tertiary/aromatic N) is 5. The van der Waals surface area contributed by atoms with Crippen LogP contribution in [-0.4, -0.2) is 32.7 Å².